The van der Waals surface area contributed by atoms with Crippen molar-refractivity contribution in [3.8, 4) is 0 Å². The molecule has 2 heterocycles. The van der Waals surface area contributed by atoms with Crippen LogP contribution in [0.4, 0.5) is 14.5 Å². The van der Waals surface area contributed by atoms with Gasteiger partial charge in [-0.3, -0.25) is 19.6 Å². The molecule has 23 heavy (non-hydrogen) atoms. The average molecular weight is 328 g/mol. The lowest BCUT2D eigenvalue weighted by molar-refractivity contribution is -0.386. The summed E-state index contributed by atoms with van der Waals surface area (Å²) in [4.78, 5) is 22.2. The van der Waals surface area contributed by atoms with E-state index in [1.165, 1.54) is 17.7 Å². The maximum atomic E-state index is 12.6. The summed E-state index contributed by atoms with van der Waals surface area (Å²) in [5, 5.41) is 20.7. The number of hydrogen-bond acceptors (Lipinski definition) is 5. The Hall–Kier alpha value is -2.85. The van der Waals surface area contributed by atoms with Gasteiger partial charge in [-0.05, 0) is 19.9 Å². The van der Waals surface area contributed by atoms with Gasteiger partial charge in [-0.2, -0.15) is 23.7 Å². The SMILES string of the molecule is Cc1nn(CCNC(=O)c2ccnn2C(F)F)c(C)c1[N+](=O)[O-]. The number of rotatable bonds is 6. The highest BCUT2D eigenvalue weighted by molar-refractivity contribution is 5.92. The third kappa shape index (κ3) is 3.33. The number of nitrogens with zero attached hydrogens (tertiary/aromatic N) is 5. The van der Waals surface area contributed by atoms with Crippen LogP contribution in [0.5, 0.6) is 0 Å². The molecular weight excluding hydrogens is 314 g/mol. The number of nitro groups is 1. The first-order chi connectivity index (χ1) is 10.8. The van der Waals surface area contributed by atoms with E-state index in [1.807, 2.05) is 0 Å². The van der Waals surface area contributed by atoms with Crippen molar-refractivity contribution in [2.75, 3.05) is 6.54 Å². The van der Waals surface area contributed by atoms with E-state index in [9.17, 15) is 23.7 Å². The summed E-state index contributed by atoms with van der Waals surface area (Å²) in [7, 11) is 0. The van der Waals surface area contributed by atoms with Crippen LogP contribution in [-0.2, 0) is 6.54 Å². The summed E-state index contributed by atoms with van der Waals surface area (Å²) >= 11 is 0. The lowest BCUT2D eigenvalue weighted by Gasteiger charge is -2.08. The maximum Gasteiger partial charge on any atom is 0.333 e. The quantitative estimate of drug-likeness (QED) is 0.637. The van der Waals surface area contributed by atoms with E-state index < -0.39 is 17.4 Å². The predicted octanol–water partition coefficient (Wildman–Crippen LogP) is 1.43. The molecule has 0 aliphatic heterocycles. The number of carbonyl (C=O) groups excluding carboxylic acids is 1. The van der Waals surface area contributed by atoms with Crippen LogP contribution in [0.3, 0.4) is 0 Å². The topological polar surface area (TPSA) is 108 Å². The third-order valence-corrected chi connectivity index (χ3v) is 3.22. The minimum Gasteiger partial charge on any atom is -0.349 e. The second-order valence-electron chi connectivity index (χ2n) is 4.69. The Morgan fingerprint density at radius 3 is 2.74 bits per heavy atom. The van der Waals surface area contributed by atoms with Gasteiger partial charge >= 0.3 is 12.2 Å². The summed E-state index contributed by atoms with van der Waals surface area (Å²) in [6.07, 6.45) is 1.10. The van der Waals surface area contributed by atoms with Gasteiger partial charge < -0.3 is 5.32 Å². The molecule has 2 rings (SSSR count). The number of alkyl halides is 2. The van der Waals surface area contributed by atoms with Gasteiger partial charge in [0, 0.05) is 12.7 Å². The molecule has 0 bridgehead atoms. The molecule has 2 aromatic heterocycles. The van der Waals surface area contributed by atoms with Crippen molar-refractivity contribution < 1.29 is 18.5 Å². The second kappa shape index (κ2) is 6.50. The monoisotopic (exact) mass is 328 g/mol. The van der Waals surface area contributed by atoms with E-state index in [-0.39, 0.29) is 30.2 Å². The van der Waals surface area contributed by atoms with Crippen molar-refractivity contribution in [2.45, 2.75) is 26.9 Å². The highest BCUT2D eigenvalue weighted by Gasteiger charge is 2.22. The Labute approximate surface area is 129 Å². The van der Waals surface area contributed by atoms with Crippen molar-refractivity contribution in [1.29, 1.82) is 0 Å². The molecule has 0 unspecified atom stereocenters. The minimum atomic E-state index is -2.91. The summed E-state index contributed by atoms with van der Waals surface area (Å²) in [5.74, 6) is -0.709. The molecule has 1 N–H and O–H groups in total. The lowest BCUT2D eigenvalue weighted by Crippen LogP contribution is -2.30. The molecule has 11 heteroatoms. The average Bonchev–Trinajstić information content (AvgIpc) is 3.04. The number of amides is 1. The third-order valence-electron chi connectivity index (χ3n) is 3.22. The number of aryl methyl sites for hydroxylation is 1. The Balaban J connectivity index is 2.00. The number of aromatic nitrogens is 4. The zero-order valence-electron chi connectivity index (χ0n) is 12.4. The molecule has 0 radical (unpaired) electrons. The molecule has 2 aromatic rings. The Morgan fingerprint density at radius 1 is 1.48 bits per heavy atom. The van der Waals surface area contributed by atoms with Crippen molar-refractivity contribution >= 4 is 11.6 Å². The number of nitrogens with one attached hydrogen (secondary N) is 1. The van der Waals surface area contributed by atoms with Crippen LogP contribution in [0.1, 0.15) is 28.4 Å². The highest BCUT2D eigenvalue weighted by atomic mass is 19.3. The Morgan fingerprint density at radius 2 is 2.17 bits per heavy atom. The summed E-state index contributed by atoms with van der Waals surface area (Å²) in [6, 6.07) is 1.18. The zero-order chi connectivity index (χ0) is 17.1. The van der Waals surface area contributed by atoms with Crippen LogP contribution in [0.2, 0.25) is 0 Å². The molecule has 0 atom stereocenters. The molecule has 124 valence electrons. The van der Waals surface area contributed by atoms with Crippen LogP contribution in [0, 0.1) is 24.0 Å². The van der Waals surface area contributed by atoms with E-state index in [4.69, 9.17) is 0 Å². The van der Waals surface area contributed by atoms with Gasteiger partial charge in [0.2, 0.25) is 0 Å². The van der Waals surface area contributed by atoms with E-state index in [0.717, 1.165) is 6.20 Å². The van der Waals surface area contributed by atoms with E-state index in [1.54, 1.807) is 6.92 Å². The Kier molecular flexibility index (Phi) is 4.67. The largest absolute Gasteiger partial charge is 0.349 e. The normalized spacial score (nSPS) is 11.0. The fourth-order valence-corrected chi connectivity index (χ4v) is 2.18. The summed E-state index contributed by atoms with van der Waals surface area (Å²) < 4.78 is 26.9. The first kappa shape index (κ1) is 16.5. The van der Waals surface area contributed by atoms with Gasteiger partial charge in [-0.1, -0.05) is 0 Å². The van der Waals surface area contributed by atoms with Gasteiger partial charge in [0.25, 0.3) is 5.91 Å². The van der Waals surface area contributed by atoms with Gasteiger partial charge in [0.15, 0.2) is 0 Å². The van der Waals surface area contributed by atoms with Crippen LogP contribution in [-0.4, -0.2) is 36.9 Å². The van der Waals surface area contributed by atoms with Crippen LogP contribution in [0.15, 0.2) is 12.3 Å². The maximum absolute atomic E-state index is 12.6. The molecule has 0 aliphatic rings. The van der Waals surface area contributed by atoms with Crippen LogP contribution in [0.25, 0.3) is 0 Å². The van der Waals surface area contributed by atoms with Crippen molar-refractivity contribution in [3.05, 3.63) is 39.5 Å². The molecule has 0 spiro atoms. The van der Waals surface area contributed by atoms with Gasteiger partial charge in [0.1, 0.15) is 17.1 Å². The lowest BCUT2D eigenvalue weighted by atomic mass is 10.3. The molecule has 0 aliphatic carbocycles. The zero-order valence-corrected chi connectivity index (χ0v) is 12.4. The molecule has 9 nitrogen and oxygen atoms in total. The van der Waals surface area contributed by atoms with E-state index in [0.29, 0.717) is 10.4 Å². The fraction of sp³-hybridized carbons (Fsp3) is 0.417. The molecular formula is C12H14F2N6O3. The minimum absolute atomic E-state index is 0.0758. The van der Waals surface area contributed by atoms with E-state index >= 15 is 0 Å². The molecule has 0 saturated heterocycles. The van der Waals surface area contributed by atoms with Gasteiger partial charge in [-0.15, -0.1) is 0 Å². The standard InChI is InChI=1S/C12H14F2N6O3/c1-7-10(20(22)23)8(2)18(17-7)6-5-15-11(21)9-3-4-16-19(9)12(13)14/h3-4,12H,5-6H2,1-2H3,(H,15,21). The smallest absolute Gasteiger partial charge is 0.333 e. The number of hydrogen-bond donors (Lipinski definition) is 1. The van der Waals surface area contributed by atoms with Crippen LogP contribution >= 0.6 is 0 Å². The number of halogens is 2. The molecule has 1 amide bonds. The van der Waals surface area contributed by atoms with Crippen molar-refractivity contribution in [1.82, 2.24) is 24.9 Å². The predicted molar refractivity (Wildman–Crippen MR) is 74.2 cm³/mol. The van der Waals surface area contributed by atoms with Crippen LogP contribution < -0.4 is 5.32 Å². The first-order valence-corrected chi connectivity index (χ1v) is 6.61. The van der Waals surface area contributed by atoms with Gasteiger partial charge in [-0.25, -0.2) is 0 Å². The highest BCUT2D eigenvalue weighted by Crippen LogP contribution is 2.21. The molecule has 0 fully saturated rings. The van der Waals surface area contributed by atoms with E-state index in [2.05, 4.69) is 15.5 Å². The molecule has 0 aromatic carbocycles. The summed E-state index contributed by atoms with van der Waals surface area (Å²) in [5.41, 5.74) is 0.292. The number of carbonyl (C=O) groups is 1. The second-order valence-corrected chi connectivity index (χ2v) is 4.69. The van der Waals surface area contributed by atoms with Crippen molar-refractivity contribution in [3.63, 3.8) is 0 Å². The van der Waals surface area contributed by atoms with Gasteiger partial charge in [0.05, 0.1) is 11.5 Å². The summed E-state index contributed by atoms with van der Waals surface area (Å²) in [6.45, 7) is 0.402. The fourth-order valence-electron chi connectivity index (χ4n) is 2.18. The first-order valence-electron chi connectivity index (χ1n) is 6.61. The Bertz CT molecular complexity index is 739. The molecule has 0 saturated carbocycles. The van der Waals surface area contributed by atoms with Crippen molar-refractivity contribution in [2.24, 2.45) is 0 Å².